The highest BCUT2D eigenvalue weighted by atomic mass is 16.2. The molecule has 3 aromatic rings. The van der Waals surface area contributed by atoms with Gasteiger partial charge in [-0.3, -0.25) is 4.79 Å². The lowest BCUT2D eigenvalue weighted by atomic mass is 10.0. The molecule has 0 aliphatic carbocycles. The second-order valence-electron chi connectivity index (χ2n) is 6.60. The average Bonchev–Trinajstić information content (AvgIpc) is 3.16. The number of fused-ring (bicyclic) bond motifs is 1. The number of aromatic amines is 1. The average molecular weight is 322 g/mol. The summed E-state index contributed by atoms with van der Waals surface area (Å²) in [5.74, 6) is 1.14. The molecule has 5 nitrogen and oxygen atoms in total. The van der Waals surface area contributed by atoms with Crippen LogP contribution in [0.3, 0.4) is 0 Å². The zero-order valence-corrected chi connectivity index (χ0v) is 14.1. The molecule has 2 aromatic heterocycles. The summed E-state index contributed by atoms with van der Waals surface area (Å²) in [4.78, 5) is 22.8. The fraction of sp³-hybridized carbons (Fsp3) is 0.368. The van der Waals surface area contributed by atoms with Crippen molar-refractivity contribution in [3.05, 3.63) is 53.7 Å². The molecule has 124 valence electrons. The number of rotatable bonds is 2. The first kappa shape index (κ1) is 15.0. The Bertz CT molecular complexity index is 892. The smallest absolute Gasteiger partial charge is 0.256 e. The molecule has 1 saturated heterocycles. The molecule has 1 aliphatic rings. The second-order valence-corrected chi connectivity index (χ2v) is 6.60. The van der Waals surface area contributed by atoms with E-state index < -0.39 is 0 Å². The number of H-pyrrole nitrogens is 1. The third kappa shape index (κ3) is 2.40. The van der Waals surface area contributed by atoms with Gasteiger partial charge in [0, 0.05) is 42.1 Å². The summed E-state index contributed by atoms with van der Waals surface area (Å²) in [6.07, 6.45) is 5.97. The summed E-state index contributed by atoms with van der Waals surface area (Å²) in [6, 6.07) is 8.34. The lowest BCUT2D eigenvalue weighted by Gasteiger charge is -2.34. The molecule has 3 heterocycles. The van der Waals surface area contributed by atoms with Gasteiger partial charge in [0.2, 0.25) is 0 Å². The van der Waals surface area contributed by atoms with Gasteiger partial charge in [-0.05, 0) is 32.8 Å². The Hall–Kier alpha value is -2.56. The lowest BCUT2D eigenvalue weighted by molar-refractivity contribution is 0.0679. The van der Waals surface area contributed by atoms with E-state index in [2.05, 4.69) is 14.5 Å². The molecule has 0 spiro atoms. The Morgan fingerprint density at radius 3 is 2.92 bits per heavy atom. The zero-order chi connectivity index (χ0) is 16.7. The van der Waals surface area contributed by atoms with Crippen LogP contribution in [0, 0.1) is 13.8 Å². The minimum absolute atomic E-state index is 0.132. The number of amides is 1. The number of carbonyl (C=O) groups excluding carboxylic acids is 1. The van der Waals surface area contributed by atoms with Gasteiger partial charge in [-0.15, -0.1) is 0 Å². The Morgan fingerprint density at radius 1 is 1.29 bits per heavy atom. The molecule has 0 radical (unpaired) electrons. The number of nitrogens with one attached hydrogen (secondary N) is 1. The van der Waals surface area contributed by atoms with Crippen LogP contribution in [0.5, 0.6) is 0 Å². The van der Waals surface area contributed by atoms with Crippen molar-refractivity contribution in [3.8, 4) is 0 Å². The van der Waals surface area contributed by atoms with E-state index >= 15 is 0 Å². The van der Waals surface area contributed by atoms with Crippen LogP contribution >= 0.6 is 0 Å². The van der Waals surface area contributed by atoms with E-state index in [0.29, 0.717) is 6.04 Å². The van der Waals surface area contributed by atoms with E-state index in [1.807, 2.05) is 55.4 Å². The number of carbonyl (C=O) groups is 1. The number of aryl methyl sites for hydroxylation is 2. The molecule has 4 rings (SSSR count). The van der Waals surface area contributed by atoms with Crippen LogP contribution in [0.4, 0.5) is 0 Å². The van der Waals surface area contributed by atoms with Crippen molar-refractivity contribution in [2.75, 3.05) is 13.1 Å². The molecule has 1 N–H and O–H groups in total. The highest BCUT2D eigenvalue weighted by Crippen LogP contribution is 2.27. The molecule has 0 saturated carbocycles. The van der Waals surface area contributed by atoms with Crippen LogP contribution in [0.1, 0.15) is 40.8 Å². The van der Waals surface area contributed by atoms with E-state index in [1.54, 1.807) is 0 Å². The molecular weight excluding hydrogens is 300 g/mol. The molecule has 1 aromatic carbocycles. The molecule has 0 unspecified atom stereocenters. The fourth-order valence-electron chi connectivity index (χ4n) is 3.85. The summed E-state index contributed by atoms with van der Waals surface area (Å²) in [5.41, 5.74) is 2.79. The first-order chi connectivity index (χ1) is 11.6. The van der Waals surface area contributed by atoms with Crippen molar-refractivity contribution in [2.24, 2.45) is 0 Å². The van der Waals surface area contributed by atoms with E-state index in [-0.39, 0.29) is 5.91 Å². The van der Waals surface area contributed by atoms with E-state index in [9.17, 15) is 4.79 Å². The van der Waals surface area contributed by atoms with Gasteiger partial charge in [0.05, 0.1) is 11.6 Å². The zero-order valence-electron chi connectivity index (χ0n) is 14.1. The maximum absolute atomic E-state index is 13.2. The summed E-state index contributed by atoms with van der Waals surface area (Å²) in [5, 5.41) is 1.01. The molecule has 1 amide bonds. The highest BCUT2D eigenvalue weighted by Gasteiger charge is 2.28. The van der Waals surface area contributed by atoms with Gasteiger partial charge in [0.1, 0.15) is 5.82 Å². The number of aromatic nitrogens is 3. The first-order valence-corrected chi connectivity index (χ1v) is 8.51. The summed E-state index contributed by atoms with van der Waals surface area (Å²) in [6.45, 7) is 5.57. The van der Waals surface area contributed by atoms with E-state index in [0.717, 1.165) is 53.9 Å². The number of likely N-dealkylation sites (tertiary alicyclic amines) is 1. The molecule has 0 bridgehead atoms. The Morgan fingerprint density at radius 2 is 2.12 bits per heavy atom. The Balaban J connectivity index is 1.64. The monoisotopic (exact) mass is 322 g/mol. The van der Waals surface area contributed by atoms with Crippen LogP contribution in [0.15, 0.2) is 36.7 Å². The van der Waals surface area contributed by atoms with Crippen LogP contribution < -0.4 is 0 Å². The maximum Gasteiger partial charge on any atom is 0.256 e. The van der Waals surface area contributed by atoms with Crippen LogP contribution in [-0.4, -0.2) is 38.4 Å². The van der Waals surface area contributed by atoms with Gasteiger partial charge >= 0.3 is 0 Å². The van der Waals surface area contributed by atoms with Crippen molar-refractivity contribution in [1.29, 1.82) is 0 Å². The van der Waals surface area contributed by atoms with Crippen molar-refractivity contribution >= 4 is 16.8 Å². The SMILES string of the molecule is Cc1[nH]c2ccccc2c1C(=O)N1CCC[C@H](n2ccnc2C)C1. The Labute approximate surface area is 141 Å². The van der Waals surface area contributed by atoms with Crippen molar-refractivity contribution in [1.82, 2.24) is 19.4 Å². The summed E-state index contributed by atoms with van der Waals surface area (Å²) >= 11 is 0. The summed E-state index contributed by atoms with van der Waals surface area (Å²) < 4.78 is 2.20. The standard InChI is InChI=1S/C19H22N4O/c1-13-18(16-7-3-4-8-17(16)21-13)19(24)22-10-5-6-15(12-22)23-11-9-20-14(23)2/h3-4,7-9,11,15,21H,5-6,10,12H2,1-2H3/t15-/m0/s1. The largest absolute Gasteiger partial charge is 0.358 e. The highest BCUT2D eigenvalue weighted by molar-refractivity contribution is 6.08. The van der Waals surface area contributed by atoms with Gasteiger partial charge in [0.15, 0.2) is 0 Å². The van der Waals surface area contributed by atoms with Gasteiger partial charge in [-0.2, -0.15) is 0 Å². The minimum atomic E-state index is 0.132. The number of imidazole rings is 1. The van der Waals surface area contributed by atoms with Crippen molar-refractivity contribution < 1.29 is 4.79 Å². The lowest BCUT2D eigenvalue weighted by Crippen LogP contribution is -2.41. The fourth-order valence-corrected chi connectivity index (χ4v) is 3.85. The van der Waals surface area contributed by atoms with Crippen molar-refractivity contribution in [3.63, 3.8) is 0 Å². The first-order valence-electron chi connectivity index (χ1n) is 8.51. The third-order valence-corrected chi connectivity index (χ3v) is 5.05. The maximum atomic E-state index is 13.2. The predicted octanol–water partition coefficient (Wildman–Crippen LogP) is 3.46. The second kappa shape index (κ2) is 5.82. The minimum Gasteiger partial charge on any atom is -0.358 e. The van der Waals surface area contributed by atoms with Gasteiger partial charge in [-0.1, -0.05) is 18.2 Å². The van der Waals surface area contributed by atoms with Gasteiger partial charge in [0.25, 0.3) is 5.91 Å². The molecule has 1 atom stereocenters. The van der Waals surface area contributed by atoms with Crippen LogP contribution in [0.25, 0.3) is 10.9 Å². The molecular formula is C19H22N4O. The topological polar surface area (TPSA) is 53.9 Å². The predicted molar refractivity (Wildman–Crippen MR) is 94.2 cm³/mol. The van der Waals surface area contributed by atoms with Gasteiger partial charge in [-0.25, -0.2) is 4.98 Å². The normalized spacial score (nSPS) is 18.2. The quantitative estimate of drug-likeness (QED) is 0.785. The van der Waals surface area contributed by atoms with E-state index in [4.69, 9.17) is 0 Å². The molecule has 1 aliphatic heterocycles. The molecule has 1 fully saturated rings. The van der Waals surface area contributed by atoms with Gasteiger partial charge < -0.3 is 14.5 Å². The van der Waals surface area contributed by atoms with Crippen molar-refractivity contribution in [2.45, 2.75) is 32.7 Å². The molecule has 24 heavy (non-hydrogen) atoms. The number of benzene rings is 1. The third-order valence-electron chi connectivity index (χ3n) is 5.05. The number of para-hydroxylation sites is 1. The number of hydrogen-bond acceptors (Lipinski definition) is 2. The Kier molecular flexibility index (Phi) is 3.63. The van der Waals surface area contributed by atoms with E-state index in [1.165, 1.54) is 0 Å². The summed E-state index contributed by atoms with van der Waals surface area (Å²) in [7, 11) is 0. The number of piperidine rings is 1. The van der Waals surface area contributed by atoms with Crippen LogP contribution in [0.2, 0.25) is 0 Å². The van der Waals surface area contributed by atoms with Crippen LogP contribution in [-0.2, 0) is 0 Å². The molecule has 5 heteroatoms. The number of hydrogen-bond donors (Lipinski definition) is 1. The number of nitrogens with zero attached hydrogens (tertiary/aromatic N) is 3.